The van der Waals surface area contributed by atoms with Crippen LogP contribution in [0, 0.1) is 0 Å². The molecule has 1 heterocycles. The Morgan fingerprint density at radius 2 is 1.89 bits per heavy atom. The lowest BCUT2D eigenvalue weighted by Gasteiger charge is -2.16. The fourth-order valence-electron chi connectivity index (χ4n) is 1.28. The molecule has 0 atom stereocenters. The van der Waals surface area contributed by atoms with Crippen molar-refractivity contribution in [1.82, 2.24) is 9.97 Å². The van der Waals surface area contributed by atoms with Crippen molar-refractivity contribution in [3.8, 4) is 5.88 Å². The average Bonchev–Trinajstić information content (AvgIpc) is 2.25. The molecule has 0 saturated carbocycles. The van der Waals surface area contributed by atoms with Gasteiger partial charge in [-0.15, -0.1) is 0 Å². The number of anilines is 1. The van der Waals surface area contributed by atoms with Gasteiger partial charge in [0.25, 0.3) is 5.16 Å². The number of hydrogen-bond donors (Lipinski definition) is 1. The maximum absolute atomic E-state index is 12.9. The van der Waals surface area contributed by atoms with Gasteiger partial charge in [-0.05, 0) is 6.92 Å². The van der Waals surface area contributed by atoms with Crippen molar-refractivity contribution in [2.75, 3.05) is 25.2 Å². The van der Waals surface area contributed by atoms with Gasteiger partial charge in [0.15, 0.2) is 5.56 Å². The lowest BCUT2D eigenvalue weighted by Crippen LogP contribution is -2.18. The van der Waals surface area contributed by atoms with E-state index in [1.165, 1.54) is 0 Å². The molecule has 1 N–H and O–H groups in total. The number of alkyl halides is 3. The Hall–Kier alpha value is -1.58. The van der Waals surface area contributed by atoms with Gasteiger partial charge in [0.05, 0.1) is 7.11 Å². The number of aromatic nitrogens is 2. The zero-order chi connectivity index (χ0) is 14.8. The number of nitrogens with zero attached hydrogens (tertiary/aromatic N) is 2. The van der Waals surface area contributed by atoms with E-state index in [0.29, 0.717) is 0 Å². The third kappa shape index (κ3) is 3.46. The molecule has 1 aromatic heterocycles. The molecule has 0 amide bonds. The summed E-state index contributed by atoms with van der Waals surface area (Å²) in [5.74, 6) is -1.46. The average molecular weight is 299 g/mol. The zero-order valence-corrected chi connectivity index (χ0v) is 11.2. The summed E-state index contributed by atoms with van der Waals surface area (Å²) in [6.45, 7) is 1.68. The minimum absolute atomic E-state index is 0.131. The first-order chi connectivity index (χ1) is 8.61. The summed E-state index contributed by atoms with van der Waals surface area (Å²) in [6.07, 6.45) is -3.97. The highest BCUT2D eigenvalue weighted by Crippen LogP contribution is 2.39. The van der Waals surface area contributed by atoms with Crippen LogP contribution in [0.1, 0.15) is 12.5 Å². The van der Waals surface area contributed by atoms with E-state index in [2.05, 4.69) is 20.0 Å². The molecule has 1 rings (SSSR count). The van der Waals surface area contributed by atoms with Crippen molar-refractivity contribution in [2.24, 2.45) is 0 Å². The van der Waals surface area contributed by atoms with Crippen molar-refractivity contribution in [3.05, 3.63) is 5.56 Å². The Morgan fingerprint density at radius 1 is 1.32 bits per heavy atom. The van der Waals surface area contributed by atoms with Crippen LogP contribution >= 0.6 is 0 Å². The zero-order valence-electron chi connectivity index (χ0n) is 10.4. The Morgan fingerprint density at radius 3 is 2.26 bits per heavy atom. The second-order valence-electron chi connectivity index (χ2n) is 3.54. The van der Waals surface area contributed by atoms with Gasteiger partial charge in [-0.2, -0.15) is 18.2 Å². The Bertz CT molecular complexity index is 572. The molecule has 1 aromatic rings. The van der Waals surface area contributed by atoms with Crippen molar-refractivity contribution >= 4 is 15.7 Å². The second-order valence-corrected chi connectivity index (χ2v) is 5.45. The molecule has 0 radical (unpaired) electrons. The highest BCUT2D eigenvalue weighted by Gasteiger charge is 2.40. The first-order valence-corrected chi connectivity index (χ1v) is 6.97. The first-order valence-electron chi connectivity index (χ1n) is 5.08. The van der Waals surface area contributed by atoms with Crippen LogP contribution in [0.3, 0.4) is 0 Å². The number of hydrogen-bond acceptors (Lipinski definition) is 6. The van der Waals surface area contributed by atoms with E-state index in [0.717, 1.165) is 13.4 Å². The van der Waals surface area contributed by atoms with Gasteiger partial charge in [0, 0.05) is 12.8 Å². The molecule has 0 aliphatic rings. The maximum atomic E-state index is 12.9. The first kappa shape index (κ1) is 15.5. The normalized spacial score (nSPS) is 12.3. The van der Waals surface area contributed by atoms with Gasteiger partial charge in [-0.25, -0.2) is 13.4 Å². The third-order valence-corrected chi connectivity index (χ3v) is 2.85. The molecule has 0 aliphatic heterocycles. The summed E-state index contributed by atoms with van der Waals surface area (Å²) in [5.41, 5.74) is -1.23. The van der Waals surface area contributed by atoms with E-state index in [1.54, 1.807) is 6.92 Å². The molecule has 0 saturated heterocycles. The van der Waals surface area contributed by atoms with Gasteiger partial charge in [-0.1, -0.05) is 0 Å². The monoisotopic (exact) mass is 299 g/mol. The molecule has 0 fully saturated rings. The van der Waals surface area contributed by atoms with E-state index in [1.807, 2.05) is 0 Å². The van der Waals surface area contributed by atoms with E-state index >= 15 is 0 Å². The molecule has 6 nitrogen and oxygen atoms in total. The lowest BCUT2D eigenvalue weighted by atomic mass is 10.3. The highest BCUT2D eigenvalue weighted by molar-refractivity contribution is 7.90. The summed E-state index contributed by atoms with van der Waals surface area (Å²) < 4.78 is 65.9. The van der Waals surface area contributed by atoms with Gasteiger partial charge < -0.3 is 10.1 Å². The van der Waals surface area contributed by atoms with Gasteiger partial charge >= 0.3 is 6.18 Å². The predicted molar refractivity (Wildman–Crippen MR) is 60.9 cm³/mol. The maximum Gasteiger partial charge on any atom is 0.425 e. The minimum Gasteiger partial charge on any atom is -0.480 e. The fourth-order valence-corrected chi connectivity index (χ4v) is 1.79. The standard InChI is InChI=1S/C9H12F3N3O3S/c1-4-13-6-5(9(10,11)12)7(18-2)15-8(14-6)19(3,16)17/h4H2,1-3H3,(H,13,14,15). The Balaban J connectivity index is 3.63. The summed E-state index contributed by atoms with van der Waals surface area (Å²) in [7, 11) is -2.88. The number of methoxy groups -OCH3 is 1. The SMILES string of the molecule is CCNc1nc(S(C)(=O)=O)nc(OC)c1C(F)(F)F. The fraction of sp³-hybridized carbons (Fsp3) is 0.556. The minimum atomic E-state index is -4.77. The van der Waals surface area contributed by atoms with Crippen LogP contribution in [0.2, 0.25) is 0 Å². The van der Waals surface area contributed by atoms with Crippen molar-refractivity contribution < 1.29 is 26.3 Å². The van der Waals surface area contributed by atoms with Crippen LogP contribution < -0.4 is 10.1 Å². The Kier molecular flexibility index (Phi) is 4.23. The number of rotatable bonds is 4. The molecule has 0 unspecified atom stereocenters. The van der Waals surface area contributed by atoms with Crippen LogP contribution in [-0.4, -0.2) is 38.3 Å². The molecule has 0 aliphatic carbocycles. The number of sulfone groups is 1. The topological polar surface area (TPSA) is 81.2 Å². The van der Waals surface area contributed by atoms with E-state index < -0.39 is 38.4 Å². The smallest absolute Gasteiger partial charge is 0.425 e. The van der Waals surface area contributed by atoms with Crippen molar-refractivity contribution in [3.63, 3.8) is 0 Å². The summed E-state index contributed by atoms with van der Waals surface area (Å²) >= 11 is 0. The number of halogens is 3. The molecular formula is C9H12F3N3O3S. The van der Waals surface area contributed by atoms with Crippen LogP contribution in [0.15, 0.2) is 5.16 Å². The van der Waals surface area contributed by atoms with Crippen molar-refractivity contribution in [1.29, 1.82) is 0 Å². The summed E-state index contributed by atoms with van der Waals surface area (Å²) in [6, 6.07) is 0. The molecule has 108 valence electrons. The quantitative estimate of drug-likeness (QED) is 0.845. The molecule has 19 heavy (non-hydrogen) atoms. The largest absolute Gasteiger partial charge is 0.480 e. The van der Waals surface area contributed by atoms with Crippen LogP contribution in [0.25, 0.3) is 0 Å². The lowest BCUT2D eigenvalue weighted by molar-refractivity contribution is -0.138. The van der Waals surface area contributed by atoms with Crippen LogP contribution in [-0.2, 0) is 16.0 Å². The van der Waals surface area contributed by atoms with E-state index in [4.69, 9.17) is 0 Å². The van der Waals surface area contributed by atoms with Gasteiger partial charge in [-0.3, -0.25) is 0 Å². The number of ether oxygens (including phenoxy) is 1. The summed E-state index contributed by atoms with van der Waals surface area (Å²) in [4.78, 5) is 6.69. The third-order valence-electron chi connectivity index (χ3n) is 2.01. The van der Waals surface area contributed by atoms with Gasteiger partial charge in [0.2, 0.25) is 15.7 Å². The highest BCUT2D eigenvalue weighted by atomic mass is 32.2. The van der Waals surface area contributed by atoms with Crippen LogP contribution in [0.5, 0.6) is 5.88 Å². The van der Waals surface area contributed by atoms with E-state index in [-0.39, 0.29) is 6.54 Å². The summed E-state index contributed by atoms with van der Waals surface area (Å²) in [5, 5.41) is 1.63. The molecule has 0 bridgehead atoms. The molecular weight excluding hydrogens is 287 g/mol. The van der Waals surface area contributed by atoms with Gasteiger partial charge in [0.1, 0.15) is 5.82 Å². The van der Waals surface area contributed by atoms with E-state index in [9.17, 15) is 21.6 Å². The van der Waals surface area contributed by atoms with Crippen LogP contribution in [0.4, 0.5) is 19.0 Å². The number of nitrogens with one attached hydrogen (secondary N) is 1. The molecule has 10 heteroatoms. The molecule has 0 spiro atoms. The predicted octanol–water partition coefficient (Wildman–Crippen LogP) is 1.34. The molecule has 0 aromatic carbocycles. The Labute approximate surface area is 107 Å². The van der Waals surface area contributed by atoms with Crippen molar-refractivity contribution in [2.45, 2.75) is 18.3 Å². The second kappa shape index (κ2) is 5.19.